The first kappa shape index (κ1) is 14.7. The fourth-order valence-electron chi connectivity index (χ4n) is 1.77. The predicted molar refractivity (Wildman–Crippen MR) is 74.6 cm³/mol. The van der Waals surface area contributed by atoms with E-state index >= 15 is 0 Å². The van der Waals surface area contributed by atoms with Gasteiger partial charge < -0.3 is 5.32 Å². The minimum atomic E-state index is -0.902. The van der Waals surface area contributed by atoms with E-state index < -0.39 is 5.41 Å². The van der Waals surface area contributed by atoms with Crippen molar-refractivity contribution >= 4 is 21.8 Å². The molecule has 1 amide bonds. The first-order valence-corrected chi connectivity index (χ1v) is 6.82. The lowest BCUT2D eigenvalue weighted by Gasteiger charge is -2.22. The molecule has 96 valence electrons. The van der Waals surface area contributed by atoms with E-state index in [1.165, 1.54) is 0 Å². The highest BCUT2D eigenvalue weighted by Gasteiger charge is 2.34. The van der Waals surface area contributed by atoms with Gasteiger partial charge in [0.05, 0.1) is 6.07 Å². The van der Waals surface area contributed by atoms with Crippen LogP contribution >= 0.6 is 15.9 Å². The molecule has 1 aromatic rings. The third kappa shape index (κ3) is 3.11. The van der Waals surface area contributed by atoms with Crippen LogP contribution < -0.4 is 5.32 Å². The highest BCUT2D eigenvalue weighted by Crippen LogP contribution is 2.25. The molecule has 18 heavy (non-hydrogen) atoms. The van der Waals surface area contributed by atoms with Crippen LogP contribution in [-0.4, -0.2) is 5.91 Å². The number of hydrogen-bond acceptors (Lipinski definition) is 2. The van der Waals surface area contributed by atoms with Crippen LogP contribution in [0.5, 0.6) is 0 Å². The number of hydrogen-bond donors (Lipinski definition) is 1. The van der Waals surface area contributed by atoms with Gasteiger partial charge in [0.25, 0.3) is 0 Å². The van der Waals surface area contributed by atoms with Gasteiger partial charge in [0.15, 0.2) is 0 Å². The topological polar surface area (TPSA) is 52.9 Å². The maximum absolute atomic E-state index is 12.1. The SMILES string of the molecule is CCC(C#N)(CC)C(=O)NCc1ccccc1Br. The van der Waals surface area contributed by atoms with E-state index in [2.05, 4.69) is 27.3 Å². The molecule has 1 N–H and O–H groups in total. The second kappa shape index (κ2) is 6.55. The maximum atomic E-state index is 12.1. The van der Waals surface area contributed by atoms with Gasteiger partial charge in [0.1, 0.15) is 5.41 Å². The highest BCUT2D eigenvalue weighted by atomic mass is 79.9. The van der Waals surface area contributed by atoms with Gasteiger partial charge in [-0.05, 0) is 24.5 Å². The lowest BCUT2D eigenvalue weighted by atomic mass is 9.83. The summed E-state index contributed by atoms with van der Waals surface area (Å²) in [5.74, 6) is -0.189. The molecule has 1 aromatic carbocycles. The summed E-state index contributed by atoms with van der Waals surface area (Å²) in [6.07, 6.45) is 1.06. The Kier molecular flexibility index (Phi) is 5.36. The van der Waals surface area contributed by atoms with Crippen molar-refractivity contribution in [2.24, 2.45) is 5.41 Å². The number of carbonyl (C=O) groups is 1. The zero-order valence-corrected chi connectivity index (χ0v) is 12.3. The summed E-state index contributed by atoms with van der Waals surface area (Å²) in [4.78, 5) is 12.1. The van der Waals surface area contributed by atoms with E-state index in [4.69, 9.17) is 0 Å². The number of amides is 1. The van der Waals surface area contributed by atoms with E-state index in [0.717, 1.165) is 10.0 Å². The molecule has 0 aromatic heterocycles. The summed E-state index contributed by atoms with van der Waals surface area (Å²) in [5.41, 5.74) is 0.103. The molecule has 0 unspecified atom stereocenters. The molecule has 0 aliphatic rings. The van der Waals surface area contributed by atoms with Crippen LogP contribution in [0.3, 0.4) is 0 Å². The molecular weight excluding hydrogens is 292 g/mol. The Hall–Kier alpha value is -1.34. The Bertz CT molecular complexity index is 461. The van der Waals surface area contributed by atoms with Gasteiger partial charge in [0, 0.05) is 11.0 Å². The van der Waals surface area contributed by atoms with Crippen molar-refractivity contribution < 1.29 is 4.79 Å². The molecule has 0 saturated heterocycles. The van der Waals surface area contributed by atoms with Crippen molar-refractivity contribution in [2.45, 2.75) is 33.2 Å². The summed E-state index contributed by atoms with van der Waals surface area (Å²) in [7, 11) is 0. The lowest BCUT2D eigenvalue weighted by molar-refractivity contribution is -0.128. The second-order valence-electron chi connectivity index (χ2n) is 4.18. The fraction of sp³-hybridized carbons (Fsp3) is 0.429. The first-order valence-electron chi connectivity index (χ1n) is 6.02. The summed E-state index contributed by atoms with van der Waals surface area (Å²) in [5, 5.41) is 12.0. The second-order valence-corrected chi connectivity index (χ2v) is 5.03. The molecule has 0 fully saturated rings. The largest absolute Gasteiger partial charge is 0.351 e. The van der Waals surface area contributed by atoms with Gasteiger partial charge in [-0.3, -0.25) is 4.79 Å². The van der Waals surface area contributed by atoms with Gasteiger partial charge in [-0.15, -0.1) is 0 Å². The summed E-state index contributed by atoms with van der Waals surface area (Å²) < 4.78 is 0.959. The molecule has 1 rings (SSSR count). The Morgan fingerprint density at radius 3 is 2.50 bits per heavy atom. The Morgan fingerprint density at radius 1 is 1.39 bits per heavy atom. The molecule has 0 atom stereocenters. The number of benzene rings is 1. The van der Waals surface area contributed by atoms with Crippen LogP contribution in [0, 0.1) is 16.7 Å². The van der Waals surface area contributed by atoms with Crippen LogP contribution in [0.4, 0.5) is 0 Å². The third-order valence-electron chi connectivity index (χ3n) is 3.25. The molecule has 0 radical (unpaired) electrons. The van der Waals surface area contributed by atoms with Crippen molar-refractivity contribution in [2.75, 3.05) is 0 Å². The van der Waals surface area contributed by atoms with Crippen molar-refractivity contribution in [1.29, 1.82) is 5.26 Å². The number of nitriles is 1. The molecular formula is C14H17BrN2O. The van der Waals surface area contributed by atoms with Crippen molar-refractivity contribution in [3.05, 3.63) is 34.3 Å². The minimum absolute atomic E-state index is 0.189. The van der Waals surface area contributed by atoms with Gasteiger partial charge in [0.2, 0.25) is 5.91 Å². The van der Waals surface area contributed by atoms with Gasteiger partial charge in [-0.1, -0.05) is 48.0 Å². The van der Waals surface area contributed by atoms with Crippen LogP contribution in [0.2, 0.25) is 0 Å². The number of nitrogens with one attached hydrogen (secondary N) is 1. The Labute approximate surface area is 116 Å². The monoisotopic (exact) mass is 308 g/mol. The summed E-state index contributed by atoms with van der Waals surface area (Å²) in [6, 6.07) is 9.86. The molecule has 0 aliphatic carbocycles. The van der Waals surface area contributed by atoms with Crippen LogP contribution in [-0.2, 0) is 11.3 Å². The minimum Gasteiger partial charge on any atom is -0.351 e. The summed E-state index contributed by atoms with van der Waals surface area (Å²) in [6.45, 7) is 4.17. The molecule has 0 aliphatic heterocycles. The van der Waals surface area contributed by atoms with E-state index in [1.807, 2.05) is 38.1 Å². The zero-order chi connectivity index (χ0) is 13.6. The Morgan fingerprint density at radius 2 is 2.00 bits per heavy atom. The van der Waals surface area contributed by atoms with E-state index in [1.54, 1.807) is 0 Å². The molecule has 0 spiro atoms. The number of halogens is 1. The predicted octanol–water partition coefficient (Wildman–Crippen LogP) is 3.40. The third-order valence-corrected chi connectivity index (χ3v) is 4.03. The standard InChI is InChI=1S/C14H17BrN2O/c1-3-14(4-2,10-16)13(18)17-9-11-7-5-6-8-12(11)15/h5-8H,3-4,9H2,1-2H3,(H,17,18). The lowest BCUT2D eigenvalue weighted by Crippen LogP contribution is -2.39. The quantitative estimate of drug-likeness (QED) is 0.906. The van der Waals surface area contributed by atoms with Crippen molar-refractivity contribution in [1.82, 2.24) is 5.32 Å². The number of nitrogens with zero attached hydrogens (tertiary/aromatic N) is 1. The Balaban J connectivity index is 2.73. The fourth-order valence-corrected chi connectivity index (χ4v) is 2.19. The van der Waals surface area contributed by atoms with Crippen LogP contribution in [0.15, 0.2) is 28.7 Å². The van der Waals surface area contributed by atoms with Crippen molar-refractivity contribution in [3.8, 4) is 6.07 Å². The maximum Gasteiger partial charge on any atom is 0.240 e. The van der Waals surface area contributed by atoms with E-state index in [0.29, 0.717) is 19.4 Å². The average molecular weight is 309 g/mol. The normalized spacial score (nSPS) is 10.8. The number of carbonyl (C=O) groups excluding carboxylic acids is 1. The smallest absolute Gasteiger partial charge is 0.240 e. The molecule has 0 bridgehead atoms. The molecule has 4 heteroatoms. The van der Waals surface area contributed by atoms with Gasteiger partial charge in [-0.2, -0.15) is 5.26 Å². The number of rotatable bonds is 5. The van der Waals surface area contributed by atoms with E-state index in [9.17, 15) is 10.1 Å². The van der Waals surface area contributed by atoms with Gasteiger partial charge >= 0.3 is 0 Å². The van der Waals surface area contributed by atoms with Gasteiger partial charge in [-0.25, -0.2) is 0 Å². The molecule has 0 heterocycles. The van der Waals surface area contributed by atoms with Crippen LogP contribution in [0.25, 0.3) is 0 Å². The average Bonchev–Trinajstić information content (AvgIpc) is 2.40. The molecule has 0 saturated carbocycles. The van der Waals surface area contributed by atoms with Crippen LogP contribution in [0.1, 0.15) is 32.3 Å². The van der Waals surface area contributed by atoms with E-state index in [-0.39, 0.29) is 5.91 Å². The van der Waals surface area contributed by atoms with Crippen molar-refractivity contribution in [3.63, 3.8) is 0 Å². The zero-order valence-electron chi connectivity index (χ0n) is 10.7. The molecule has 3 nitrogen and oxygen atoms in total. The highest BCUT2D eigenvalue weighted by molar-refractivity contribution is 9.10. The first-order chi connectivity index (χ1) is 8.59. The summed E-state index contributed by atoms with van der Waals surface area (Å²) >= 11 is 3.43.